The van der Waals surface area contributed by atoms with E-state index < -0.39 is 23.0 Å². The van der Waals surface area contributed by atoms with E-state index >= 15 is 0 Å². The van der Waals surface area contributed by atoms with Gasteiger partial charge in [-0.1, -0.05) is 48.5 Å². The van der Waals surface area contributed by atoms with E-state index in [9.17, 15) is 15.6 Å². The van der Waals surface area contributed by atoms with Crippen LogP contribution in [0.25, 0.3) is 0 Å². The fraction of sp³-hybridized carbons (Fsp3) is 0.222. The number of hydrogen-bond donors (Lipinski definition) is 2. The van der Waals surface area contributed by atoms with E-state index in [0.717, 1.165) is 11.1 Å². The molecular weight excluding hydrogens is 274 g/mol. The highest BCUT2D eigenvalue weighted by Crippen LogP contribution is 2.60. The minimum atomic E-state index is -1.50. The van der Waals surface area contributed by atoms with Gasteiger partial charge in [0.15, 0.2) is 0 Å². The molecule has 0 unspecified atom stereocenters. The number of hydrogen-bond acceptors (Lipinski definition) is 4. The van der Waals surface area contributed by atoms with E-state index in [0.29, 0.717) is 11.1 Å². The van der Waals surface area contributed by atoms with Gasteiger partial charge in [0.1, 0.15) is 11.5 Å². The smallest absolute Gasteiger partial charge is 0.132 e. The second kappa shape index (κ2) is 3.96. The molecule has 4 heteroatoms. The Balaban J connectivity index is 2.22. The Labute approximate surface area is 128 Å². The van der Waals surface area contributed by atoms with E-state index in [-0.39, 0.29) is 0 Å². The molecule has 0 amide bonds. The Bertz CT molecular complexity index is 755. The first-order valence-electron chi connectivity index (χ1n) is 7.10. The Morgan fingerprint density at radius 2 is 1.23 bits per heavy atom. The summed E-state index contributed by atoms with van der Waals surface area (Å²) in [5, 5.41) is 30.8. The predicted molar refractivity (Wildman–Crippen MR) is 79.1 cm³/mol. The molecule has 0 aromatic heterocycles. The topological polar surface area (TPSA) is 93.8 Å². The molecule has 5 rings (SSSR count). The number of nitriles is 2. The lowest BCUT2D eigenvalue weighted by molar-refractivity contribution is -0.0194. The van der Waals surface area contributed by atoms with Crippen molar-refractivity contribution in [3.8, 4) is 12.1 Å². The predicted octanol–water partition coefficient (Wildman–Crippen LogP) is 1.73. The van der Waals surface area contributed by atoms with Crippen LogP contribution in [-0.4, -0.2) is 5.11 Å². The van der Waals surface area contributed by atoms with Crippen LogP contribution in [0.5, 0.6) is 0 Å². The molecule has 4 nitrogen and oxygen atoms in total. The summed E-state index contributed by atoms with van der Waals surface area (Å²) in [5.41, 5.74) is 6.87. The number of rotatable bonds is 0. The van der Waals surface area contributed by atoms with E-state index in [4.69, 9.17) is 5.73 Å². The number of nitrogens with zero attached hydrogens (tertiary/aromatic N) is 2. The van der Waals surface area contributed by atoms with Gasteiger partial charge >= 0.3 is 0 Å². The van der Waals surface area contributed by atoms with Crippen LogP contribution in [0, 0.1) is 34.5 Å². The third-order valence-electron chi connectivity index (χ3n) is 5.12. The SMILES string of the molecule is N#C[C@@H]1[C@H](C#N)C2(N)c3ccccc3C1(O)c1ccccc12. The highest BCUT2D eigenvalue weighted by Gasteiger charge is 2.64. The molecule has 0 saturated heterocycles. The van der Waals surface area contributed by atoms with E-state index in [1.165, 1.54) is 0 Å². The molecule has 0 spiro atoms. The Kier molecular flexibility index (Phi) is 2.34. The van der Waals surface area contributed by atoms with E-state index in [2.05, 4.69) is 12.1 Å². The Morgan fingerprint density at radius 1 is 0.818 bits per heavy atom. The van der Waals surface area contributed by atoms with Crippen LogP contribution in [0.4, 0.5) is 0 Å². The van der Waals surface area contributed by atoms with Crippen LogP contribution >= 0.6 is 0 Å². The molecule has 2 aromatic carbocycles. The number of nitrogens with two attached hydrogens (primary N) is 1. The standard InChI is InChI=1S/C18H13N3O/c19-9-15-16(10-20)18(22)13-7-3-1-5-11(13)17(15,21)12-6-2-4-8-14(12)18/h1-8,15-16,22H,21H2/t15-,16+,17?,18?/m0/s1. The van der Waals surface area contributed by atoms with Crippen LogP contribution < -0.4 is 5.73 Å². The van der Waals surface area contributed by atoms with Gasteiger partial charge in [-0.15, -0.1) is 0 Å². The molecular formula is C18H13N3O. The van der Waals surface area contributed by atoms with Crippen molar-refractivity contribution >= 4 is 0 Å². The molecule has 2 bridgehead atoms. The molecule has 3 aliphatic rings. The van der Waals surface area contributed by atoms with Crippen molar-refractivity contribution in [3.63, 3.8) is 0 Å². The molecule has 0 fully saturated rings. The highest BCUT2D eigenvalue weighted by atomic mass is 16.3. The maximum atomic E-state index is 11.5. The first kappa shape index (κ1) is 13.0. The third kappa shape index (κ3) is 1.15. The second-order valence-corrected chi connectivity index (χ2v) is 5.94. The summed E-state index contributed by atoms with van der Waals surface area (Å²) in [6.07, 6.45) is 0. The van der Waals surface area contributed by atoms with Gasteiger partial charge in [0.2, 0.25) is 0 Å². The highest BCUT2D eigenvalue weighted by molar-refractivity contribution is 5.63. The van der Waals surface area contributed by atoms with Crippen LogP contribution in [0.15, 0.2) is 48.5 Å². The van der Waals surface area contributed by atoms with Crippen LogP contribution in [-0.2, 0) is 11.1 Å². The van der Waals surface area contributed by atoms with Gasteiger partial charge in [0.05, 0.1) is 23.6 Å². The molecule has 106 valence electrons. The average Bonchev–Trinajstić information content (AvgIpc) is 2.57. The van der Waals surface area contributed by atoms with Crippen molar-refractivity contribution in [2.75, 3.05) is 0 Å². The van der Waals surface area contributed by atoms with Gasteiger partial charge in [-0.3, -0.25) is 0 Å². The zero-order chi connectivity index (χ0) is 15.5. The number of fused-ring (bicyclic) bond motifs is 1. The van der Waals surface area contributed by atoms with Gasteiger partial charge in [-0.05, 0) is 22.3 Å². The Hall–Kier alpha value is -2.66. The summed E-state index contributed by atoms with van der Waals surface area (Å²) in [6, 6.07) is 18.9. The lowest BCUT2D eigenvalue weighted by Crippen LogP contribution is -2.63. The van der Waals surface area contributed by atoms with Gasteiger partial charge in [-0.25, -0.2) is 0 Å². The zero-order valence-corrected chi connectivity index (χ0v) is 11.7. The van der Waals surface area contributed by atoms with Gasteiger partial charge in [-0.2, -0.15) is 10.5 Å². The number of aliphatic hydroxyl groups is 1. The molecule has 0 saturated carbocycles. The average molecular weight is 287 g/mol. The van der Waals surface area contributed by atoms with Crippen molar-refractivity contribution in [1.29, 1.82) is 10.5 Å². The molecule has 0 aliphatic heterocycles. The first-order valence-corrected chi connectivity index (χ1v) is 7.10. The summed E-state index contributed by atoms with van der Waals surface area (Å²) in [4.78, 5) is 0. The lowest BCUT2D eigenvalue weighted by atomic mass is 9.49. The van der Waals surface area contributed by atoms with Crippen LogP contribution in [0.3, 0.4) is 0 Å². The maximum absolute atomic E-state index is 11.5. The summed E-state index contributed by atoms with van der Waals surface area (Å²) in [6.45, 7) is 0. The van der Waals surface area contributed by atoms with Crippen molar-refractivity contribution in [2.24, 2.45) is 17.6 Å². The van der Waals surface area contributed by atoms with Gasteiger partial charge in [0.25, 0.3) is 0 Å². The summed E-state index contributed by atoms with van der Waals surface area (Å²) >= 11 is 0. The molecule has 22 heavy (non-hydrogen) atoms. The largest absolute Gasteiger partial charge is 0.379 e. The lowest BCUT2D eigenvalue weighted by Gasteiger charge is -2.56. The molecule has 3 N–H and O–H groups in total. The maximum Gasteiger partial charge on any atom is 0.132 e. The van der Waals surface area contributed by atoms with Crippen molar-refractivity contribution in [2.45, 2.75) is 11.1 Å². The summed E-state index contributed by atoms with van der Waals surface area (Å²) in [5.74, 6) is -1.69. The fourth-order valence-electron chi connectivity index (χ4n) is 4.16. The van der Waals surface area contributed by atoms with Crippen LogP contribution in [0.2, 0.25) is 0 Å². The van der Waals surface area contributed by atoms with E-state index in [1.807, 2.05) is 36.4 Å². The van der Waals surface area contributed by atoms with Crippen molar-refractivity contribution in [1.82, 2.24) is 0 Å². The van der Waals surface area contributed by atoms with E-state index in [1.54, 1.807) is 12.1 Å². The van der Waals surface area contributed by atoms with Gasteiger partial charge < -0.3 is 10.8 Å². The molecule has 0 heterocycles. The third-order valence-corrected chi connectivity index (χ3v) is 5.12. The fourth-order valence-corrected chi connectivity index (χ4v) is 4.16. The summed E-state index contributed by atoms with van der Waals surface area (Å²) < 4.78 is 0. The quantitative estimate of drug-likeness (QED) is 0.771. The monoisotopic (exact) mass is 287 g/mol. The number of benzene rings is 2. The summed E-state index contributed by atoms with van der Waals surface area (Å²) in [7, 11) is 0. The first-order chi connectivity index (χ1) is 10.6. The van der Waals surface area contributed by atoms with Crippen molar-refractivity contribution in [3.05, 3.63) is 70.8 Å². The Morgan fingerprint density at radius 3 is 1.64 bits per heavy atom. The van der Waals surface area contributed by atoms with Crippen molar-refractivity contribution < 1.29 is 5.11 Å². The zero-order valence-electron chi connectivity index (χ0n) is 11.7. The molecule has 3 aliphatic carbocycles. The second-order valence-electron chi connectivity index (χ2n) is 5.94. The van der Waals surface area contributed by atoms with Crippen LogP contribution in [0.1, 0.15) is 22.3 Å². The molecule has 2 aromatic rings. The minimum Gasteiger partial charge on any atom is -0.379 e. The van der Waals surface area contributed by atoms with Gasteiger partial charge in [0, 0.05) is 0 Å². The molecule has 2 atom stereocenters. The minimum absolute atomic E-state index is 0.634. The normalized spacial score (nSPS) is 34.2. The molecule has 0 radical (unpaired) electrons.